The van der Waals surface area contributed by atoms with Gasteiger partial charge in [-0.2, -0.15) is 0 Å². The number of nitrogens with zero attached hydrogens (tertiary/aromatic N) is 3. The molecule has 1 saturated heterocycles. The van der Waals surface area contributed by atoms with Gasteiger partial charge in [-0.1, -0.05) is 12.8 Å². The van der Waals surface area contributed by atoms with Gasteiger partial charge in [0.2, 0.25) is 0 Å². The Morgan fingerprint density at radius 2 is 1.70 bits per heavy atom. The van der Waals surface area contributed by atoms with Crippen molar-refractivity contribution in [1.29, 1.82) is 0 Å². The van der Waals surface area contributed by atoms with Crippen molar-refractivity contribution in [2.24, 2.45) is 10.7 Å². The fraction of sp³-hybridized carbons (Fsp3) is 0.588. The van der Waals surface area contributed by atoms with E-state index in [1.54, 1.807) is 0 Å². The molecular formula is C17H27FN4O. The fourth-order valence-corrected chi connectivity index (χ4v) is 2.72. The predicted octanol–water partition coefficient (Wildman–Crippen LogP) is 1.82. The van der Waals surface area contributed by atoms with Gasteiger partial charge in [0.05, 0.1) is 0 Å². The summed E-state index contributed by atoms with van der Waals surface area (Å²) in [6, 6.07) is 6.62. The number of aliphatic imine (C=N–C) groups is 1. The standard InChI is InChI=1S/C17H27FN4O/c18-15-5-7-16(8-6-15)21-10-12-22(13-11-21)17(19)20-9-3-1-2-4-14-23/h5-8,23H,1-4,9-14H2,(H2,19,20). The molecule has 0 aromatic heterocycles. The van der Waals surface area contributed by atoms with E-state index in [0.717, 1.165) is 64.1 Å². The number of benzene rings is 1. The Kier molecular flexibility index (Phi) is 7.13. The highest BCUT2D eigenvalue weighted by atomic mass is 19.1. The molecule has 1 aromatic carbocycles. The molecule has 0 amide bonds. The first-order valence-corrected chi connectivity index (χ1v) is 8.37. The van der Waals surface area contributed by atoms with Crippen molar-refractivity contribution in [3.05, 3.63) is 30.1 Å². The molecule has 0 atom stereocenters. The summed E-state index contributed by atoms with van der Waals surface area (Å²) in [6.07, 6.45) is 4.00. The average molecular weight is 322 g/mol. The molecule has 0 radical (unpaired) electrons. The third kappa shape index (κ3) is 5.71. The molecule has 0 bridgehead atoms. The number of halogens is 1. The summed E-state index contributed by atoms with van der Waals surface area (Å²) >= 11 is 0. The SMILES string of the molecule is NC(=NCCCCCCO)N1CCN(c2ccc(F)cc2)CC1. The Balaban J connectivity index is 1.71. The highest BCUT2D eigenvalue weighted by Crippen LogP contribution is 2.16. The Morgan fingerprint density at radius 3 is 2.35 bits per heavy atom. The second kappa shape index (κ2) is 9.35. The smallest absolute Gasteiger partial charge is 0.191 e. The van der Waals surface area contributed by atoms with Gasteiger partial charge in [-0.05, 0) is 37.1 Å². The van der Waals surface area contributed by atoms with Gasteiger partial charge in [-0.25, -0.2) is 4.39 Å². The zero-order valence-corrected chi connectivity index (χ0v) is 13.6. The summed E-state index contributed by atoms with van der Waals surface area (Å²) in [5, 5.41) is 8.72. The Labute approximate surface area is 137 Å². The summed E-state index contributed by atoms with van der Waals surface area (Å²) in [6.45, 7) is 4.39. The molecule has 0 aliphatic carbocycles. The number of unbranched alkanes of at least 4 members (excludes halogenated alkanes) is 3. The van der Waals surface area contributed by atoms with Gasteiger partial charge in [-0.15, -0.1) is 0 Å². The van der Waals surface area contributed by atoms with Gasteiger partial charge in [0.1, 0.15) is 5.82 Å². The molecule has 2 rings (SSSR count). The minimum Gasteiger partial charge on any atom is -0.396 e. The number of anilines is 1. The van der Waals surface area contributed by atoms with E-state index in [0.29, 0.717) is 5.96 Å². The van der Waals surface area contributed by atoms with Gasteiger partial charge >= 0.3 is 0 Å². The highest BCUT2D eigenvalue weighted by Gasteiger charge is 2.18. The topological polar surface area (TPSA) is 65.1 Å². The van der Waals surface area contributed by atoms with Crippen LogP contribution >= 0.6 is 0 Å². The van der Waals surface area contributed by atoms with Crippen molar-refractivity contribution in [2.45, 2.75) is 25.7 Å². The number of aliphatic hydroxyl groups excluding tert-OH is 1. The van der Waals surface area contributed by atoms with Crippen molar-refractivity contribution >= 4 is 11.6 Å². The van der Waals surface area contributed by atoms with E-state index in [9.17, 15) is 4.39 Å². The summed E-state index contributed by atoms with van der Waals surface area (Å²) in [5.41, 5.74) is 7.11. The first-order valence-electron chi connectivity index (χ1n) is 8.37. The molecular weight excluding hydrogens is 295 g/mol. The Morgan fingerprint density at radius 1 is 1.04 bits per heavy atom. The van der Waals surface area contributed by atoms with E-state index in [2.05, 4.69) is 14.8 Å². The first kappa shape index (κ1) is 17.5. The zero-order chi connectivity index (χ0) is 16.5. The second-order valence-corrected chi connectivity index (χ2v) is 5.83. The molecule has 3 N–H and O–H groups in total. The van der Waals surface area contributed by atoms with Crippen LogP contribution in [-0.4, -0.2) is 55.3 Å². The van der Waals surface area contributed by atoms with E-state index in [-0.39, 0.29) is 12.4 Å². The second-order valence-electron chi connectivity index (χ2n) is 5.83. The quantitative estimate of drug-likeness (QED) is 0.456. The van der Waals surface area contributed by atoms with Crippen LogP contribution in [0.2, 0.25) is 0 Å². The van der Waals surface area contributed by atoms with Crippen LogP contribution in [0.5, 0.6) is 0 Å². The Hall–Kier alpha value is -1.82. The van der Waals surface area contributed by atoms with E-state index >= 15 is 0 Å². The summed E-state index contributed by atoms with van der Waals surface area (Å²) < 4.78 is 13.0. The van der Waals surface area contributed by atoms with Crippen LogP contribution in [0.3, 0.4) is 0 Å². The summed E-state index contributed by atoms with van der Waals surface area (Å²) in [4.78, 5) is 8.78. The lowest BCUT2D eigenvalue weighted by molar-refractivity contribution is 0.282. The molecule has 1 aliphatic rings. The lowest BCUT2D eigenvalue weighted by Gasteiger charge is -2.36. The Bertz CT molecular complexity index is 484. The maximum Gasteiger partial charge on any atom is 0.191 e. The maximum absolute atomic E-state index is 13.0. The minimum atomic E-state index is -0.206. The third-order valence-electron chi connectivity index (χ3n) is 4.14. The number of piperazine rings is 1. The normalized spacial score (nSPS) is 16.0. The predicted molar refractivity (Wildman–Crippen MR) is 92.2 cm³/mol. The highest BCUT2D eigenvalue weighted by molar-refractivity contribution is 5.78. The number of rotatable bonds is 7. The summed E-state index contributed by atoms with van der Waals surface area (Å²) in [7, 11) is 0. The summed E-state index contributed by atoms with van der Waals surface area (Å²) in [5.74, 6) is 0.411. The molecule has 0 saturated carbocycles. The van der Waals surface area contributed by atoms with Gasteiger partial charge in [0.15, 0.2) is 5.96 Å². The zero-order valence-electron chi connectivity index (χ0n) is 13.6. The lowest BCUT2D eigenvalue weighted by atomic mass is 10.2. The number of nitrogens with two attached hydrogens (primary N) is 1. The molecule has 0 unspecified atom stereocenters. The monoisotopic (exact) mass is 322 g/mol. The van der Waals surface area contributed by atoms with Crippen LogP contribution in [0.1, 0.15) is 25.7 Å². The van der Waals surface area contributed by atoms with Crippen LogP contribution in [-0.2, 0) is 0 Å². The van der Waals surface area contributed by atoms with Crippen molar-refractivity contribution in [3.8, 4) is 0 Å². The molecule has 1 fully saturated rings. The molecule has 1 heterocycles. The van der Waals surface area contributed by atoms with Gasteiger partial charge in [0.25, 0.3) is 0 Å². The van der Waals surface area contributed by atoms with Crippen LogP contribution in [0.25, 0.3) is 0 Å². The largest absolute Gasteiger partial charge is 0.396 e. The molecule has 128 valence electrons. The van der Waals surface area contributed by atoms with Crippen molar-refractivity contribution in [2.75, 3.05) is 44.2 Å². The fourth-order valence-electron chi connectivity index (χ4n) is 2.72. The molecule has 1 aliphatic heterocycles. The minimum absolute atomic E-state index is 0.206. The maximum atomic E-state index is 13.0. The van der Waals surface area contributed by atoms with Crippen LogP contribution in [0.4, 0.5) is 10.1 Å². The molecule has 6 heteroatoms. The number of aliphatic hydroxyl groups is 1. The number of guanidine groups is 1. The van der Waals surface area contributed by atoms with Crippen LogP contribution in [0.15, 0.2) is 29.3 Å². The lowest BCUT2D eigenvalue weighted by Crippen LogP contribution is -2.51. The van der Waals surface area contributed by atoms with E-state index in [1.165, 1.54) is 12.1 Å². The molecule has 5 nitrogen and oxygen atoms in total. The number of hydrogen-bond acceptors (Lipinski definition) is 3. The molecule has 1 aromatic rings. The van der Waals surface area contributed by atoms with Gasteiger partial charge < -0.3 is 20.6 Å². The van der Waals surface area contributed by atoms with Crippen molar-refractivity contribution in [1.82, 2.24) is 4.90 Å². The first-order chi connectivity index (χ1) is 11.2. The number of hydrogen-bond donors (Lipinski definition) is 2. The van der Waals surface area contributed by atoms with Gasteiger partial charge in [-0.3, -0.25) is 4.99 Å². The average Bonchev–Trinajstić information content (AvgIpc) is 2.58. The van der Waals surface area contributed by atoms with E-state index in [4.69, 9.17) is 10.8 Å². The molecule has 0 spiro atoms. The van der Waals surface area contributed by atoms with Gasteiger partial charge in [0, 0.05) is 45.0 Å². The van der Waals surface area contributed by atoms with E-state index in [1.807, 2.05) is 12.1 Å². The third-order valence-corrected chi connectivity index (χ3v) is 4.14. The van der Waals surface area contributed by atoms with Crippen LogP contribution < -0.4 is 10.6 Å². The van der Waals surface area contributed by atoms with Crippen LogP contribution in [0, 0.1) is 5.82 Å². The van der Waals surface area contributed by atoms with Crippen molar-refractivity contribution in [3.63, 3.8) is 0 Å². The molecule has 23 heavy (non-hydrogen) atoms. The van der Waals surface area contributed by atoms with Crippen molar-refractivity contribution < 1.29 is 9.50 Å². The van der Waals surface area contributed by atoms with E-state index < -0.39 is 0 Å².